The summed E-state index contributed by atoms with van der Waals surface area (Å²) in [7, 11) is -2.18. The predicted molar refractivity (Wildman–Crippen MR) is 188 cm³/mol. The Morgan fingerprint density at radius 1 is 1.04 bits per heavy atom. The summed E-state index contributed by atoms with van der Waals surface area (Å²) in [4.78, 5) is 43.5. The number of benzene rings is 1. The summed E-state index contributed by atoms with van der Waals surface area (Å²) in [5, 5.41) is 9.84. The van der Waals surface area contributed by atoms with Crippen molar-refractivity contribution in [2.24, 2.45) is 11.3 Å². The van der Waals surface area contributed by atoms with E-state index < -0.39 is 33.2 Å². The Morgan fingerprint density at radius 2 is 1.76 bits per heavy atom. The number of nitrogens with zero attached hydrogens (tertiary/aromatic N) is 3. The van der Waals surface area contributed by atoms with Crippen LogP contribution in [0, 0.1) is 11.3 Å². The molecule has 8 rings (SSSR count). The summed E-state index contributed by atoms with van der Waals surface area (Å²) in [6, 6.07) is 6.42. The van der Waals surface area contributed by atoms with E-state index in [1.54, 1.807) is 21.0 Å². The molecule has 50 heavy (non-hydrogen) atoms. The molecule has 2 N–H and O–H groups in total. The molecular weight excluding hydrogens is 657 g/mol. The molecule has 2 unspecified atom stereocenters. The van der Waals surface area contributed by atoms with Crippen LogP contribution in [0.4, 0.5) is 4.79 Å². The Kier molecular flexibility index (Phi) is 7.96. The Balaban J connectivity index is 1.24. The number of fused-ring (bicyclic) bond motifs is 6. The van der Waals surface area contributed by atoms with Gasteiger partial charge in [0.15, 0.2) is 0 Å². The lowest BCUT2D eigenvalue weighted by molar-refractivity contribution is -0.135. The minimum absolute atomic E-state index is 0.0388. The highest BCUT2D eigenvalue weighted by Crippen LogP contribution is 2.55. The van der Waals surface area contributed by atoms with Gasteiger partial charge < -0.3 is 24.2 Å². The van der Waals surface area contributed by atoms with Crippen LogP contribution in [0.1, 0.15) is 88.3 Å². The van der Waals surface area contributed by atoms with Gasteiger partial charge in [-0.05, 0) is 86.3 Å². The quantitative estimate of drug-likeness (QED) is 0.409. The van der Waals surface area contributed by atoms with Crippen molar-refractivity contribution in [2.75, 3.05) is 33.3 Å². The first kappa shape index (κ1) is 33.1. The smallest absolute Gasteiger partial charge is 0.407 e. The first-order valence-corrected chi connectivity index (χ1v) is 19.6. The fraction of sp³-hybridized carbons (Fsp3) is 0.553. The van der Waals surface area contributed by atoms with Crippen molar-refractivity contribution in [1.82, 2.24) is 19.1 Å². The highest BCUT2D eigenvalue weighted by atomic mass is 32.2. The maximum absolute atomic E-state index is 14.7. The second-order valence-corrected chi connectivity index (χ2v) is 17.7. The number of aromatic nitrogens is 1. The van der Waals surface area contributed by atoms with Crippen molar-refractivity contribution in [3.8, 4) is 5.75 Å². The topological polar surface area (TPSA) is 138 Å². The van der Waals surface area contributed by atoms with Crippen LogP contribution in [0.15, 0.2) is 52.6 Å². The summed E-state index contributed by atoms with van der Waals surface area (Å²) in [5.41, 5.74) is 5.97. The van der Waals surface area contributed by atoms with E-state index in [-0.39, 0.29) is 17.2 Å². The number of methoxy groups -OCH3 is 1. The largest absolute Gasteiger partial charge is 0.496 e. The normalized spacial score (nSPS) is 26.4. The van der Waals surface area contributed by atoms with Gasteiger partial charge in [0.2, 0.25) is 15.9 Å². The Labute approximate surface area is 293 Å². The van der Waals surface area contributed by atoms with Gasteiger partial charge in [0.25, 0.3) is 5.91 Å². The molecule has 1 spiro atoms. The average Bonchev–Trinajstić information content (AvgIpc) is 3.34. The number of carbonyl (C=O) groups excluding carboxylic acids is 2. The minimum Gasteiger partial charge on any atom is -0.496 e. The van der Waals surface area contributed by atoms with Gasteiger partial charge in [0, 0.05) is 55.1 Å². The van der Waals surface area contributed by atoms with Crippen molar-refractivity contribution in [3.63, 3.8) is 0 Å². The van der Waals surface area contributed by atoms with Gasteiger partial charge >= 0.3 is 6.09 Å². The molecular formula is C38H46N4O7S. The number of carboxylic acid groups (broad SMARTS) is 1. The third-order valence-electron chi connectivity index (χ3n) is 12.3. The summed E-state index contributed by atoms with van der Waals surface area (Å²) in [5.74, 6) is -0.231. The molecule has 12 heteroatoms. The Morgan fingerprint density at radius 3 is 2.44 bits per heavy atom. The number of nitrogens with one attached hydrogen (secondary N) is 1. The van der Waals surface area contributed by atoms with E-state index in [1.165, 1.54) is 29.7 Å². The number of sulfonamides is 1. The lowest BCUT2D eigenvalue weighted by Gasteiger charge is -2.34. The molecule has 0 bridgehead atoms. The lowest BCUT2D eigenvalue weighted by Crippen LogP contribution is -2.40. The number of likely N-dealkylation sites (tertiary alicyclic amines) is 2. The predicted octanol–water partition coefficient (Wildman–Crippen LogP) is 5.43. The van der Waals surface area contributed by atoms with Gasteiger partial charge in [0.1, 0.15) is 5.75 Å². The minimum atomic E-state index is -3.85. The maximum Gasteiger partial charge on any atom is 0.407 e. The van der Waals surface area contributed by atoms with E-state index in [4.69, 9.17) is 4.74 Å². The summed E-state index contributed by atoms with van der Waals surface area (Å²) >= 11 is 0. The van der Waals surface area contributed by atoms with Crippen LogP contribution in [0.3, 0.4) is 0 Å². The summed E-state index contributed by atoms with van der Waals surface area (Å²) in [6.45, 7) is 5.53. The molecule has 2 saturated heterocycles. The van der Waals surface area contributed by atoms with Gasteiger partial charge in [0.05, 0.1) is 29.4 Å². The van der Waals surface area contributed by atoms with Crippen LogP contribution in [-0.4, -0.2) is 84.3 Å². The molecule has 266 valence electrons. The number of hydrogen-bond acceptors (Lipinski definition) is 6. The highest BCUT2D eigenvalue weighted by molar-refractivity contribution is 7.90. The van der Waals surface area contributed by atoms with Crippen LogP contribution in [0.25, 0.3) is 10.9 Å². The zero-order valence-corrected chi connectivity index (χ0v) is 29.9. The van der Waals surface area contributed by atoms with E-state index in [0.717, 1.165) is 64.7 Å². The molecule has 0 radical (unpaired) electrons. The van der Waals surface area contributed by atoms with E-state index in [9.17, 15) is 27.9 Å². The number of amides is 3. The van der Waals surface area contributed by atoms with Crippen LogP contribution in [0.2, 0.25) is 0 Å². The van der Waals surface area contributed by atoms with Gasteiger partial charge in [-0.2, -0.15) is 0 Å². The zero-order valence-electron chi connectivity index (χ0n) is 29.0. The third-order valence-corrected chi connectivity index (χ3v) is 14.1. The van der Waals surface area contributed by atoms with Crippen molar-refractivity contribution in [1.29, 1.82) is 0 Å². The highest BCUT2D eigenvalue weighted by Gasteiger charge is 2.51. The molecule has 2 aromatic rings. The van der Waals surface area contributed by atoms with Crippen LogP contribution < -0.4 is 9.46 Å². The molecule has 3 atom stereocenters. The second kappa shape index (κ2) is 12.0. The van der Waals surface area contributed by atoms with Crippen molar-refractivity contribution < 1.29 is 32.6 Å². The van der Waals surface area contributed by atoms with E-state index >= 15 is 0 Å². The van der Waals surface area contributed by atoms with E-state index in [1.807, 2.05) is 17.1 Å². The molecule has 4 heterocycles. The Bertz CT molecular complexity index is 2020. The molecule has 3 aliphatic heterocycles. The molecule has 11 nitrogen and oxygen atoms in total. The number of rotatable bonds is 6. The van der Waals surface area contributed by atoms with Gasteiger partial charge in [-0.1, -0.05) is 37.5 Å². The van der Waals surface area contributed by atoms with Crippen LogP contribution in [-0.2, 0) is 26.2 Å². The van der Waals surface area contributed by atoms with E-state index in [2.05, 4.69) is 27.5 Å². The number of hydrogen-bond donors (Lipinski definition) is 2. The fourth-order valence-corrected chi connectivity index (χ4v) is 10.2. The van der Waals surface area contributed by atoms with Crippen LogP contribution in [0.5, 0.6) is 5.75 Å². The maximum atomic E-state index is 14.7. The zero-order chi connectivity index (χ0) is 35.1. The van der Waals surface area contributed by atoms with Crippen molar-refractivity contribution in [3.05, 3.63) is 63.9 Å². The number of ether oxygens (including phenoxy) is 1. The Hall–Kier alpha value is -4.06. The number of carbonyl (C=O) groups is 3. The molecule has 3 aliphatic carbocycles. The van der Waals surface area contributed by atoms with Crippen molar-refractivity contribution >= 4 is 38.8 Å². The molecule has 1 aromatic carbocycles. The molecule has 6 aliphatic rings. The first-order valence-electron chi connectivity index (χ1n) is 18.1. The molecule has 3 amide bonds. The van der Waals surface area contributed by atoms with Crippen LogP contribution >= 0.6 is 0 Å². The molecule has 1 aromatic heterocycles. The third kappa shape index (κ3) is 5.27. The summed E-state index contributed by atoms with van der Waals surface area (Å²) in [6.07, 6.45) is 10.9. The first-order chi connectivity index (χ1) is 23.9. The second-order valence-electron chi connectivity index (χ2n) is 15.5. The van der Waals surface area contributed by atoms with Gasteiger partial charge in [-0.3, -0.25) is 9.59 Å². The summed E-state index contributed by atoms with van der Waals surface area (Å²) < 4.78 is 36.2. The molecule has 1 saturated carbocycles. The van der Waals surface area contributed by atoms with Gasteiger partial charge in [-0.15, -0.1) is 0 Å². The van der Waals surface area contributed by atoms with Gasteiger partial charge in [-0.25, -0.2) is 17.9 Å². The molecule has 3 fully saturated rings. The van der Waals surface area contributed by atoms with E-state index in [0.29, 0.717) is 50.6 Å². The monoisotopic (exact) mass is 702 g/mol. The standard InChI is InChI=1S/C38H46N4O7S/c1-22(2)50(47,48)39-35(43)33-28-19-42-29(18-27-30(49-3)13-12-24(34(27)42)23-8-5-4-6-9-23)31-25(32(28)33)10-7-11-26(31)36(44)40-16-14-38(20-40)15-17-41(21-38)37(45)46/h7,10,12-13,18,22-23,26,31H,4-6,8-9,11,14-17,19-21H2,1-3H3,(H,39,43)(H,45,46)/t26-,31?,38?/m1/s1. The van der Waals surface area contributed by atoms with Crippen molar-refractivity contribution in [2.45, 2.75) is 88.8 Å². The lowest BCUT2D eigenvalue weighted by atomic mass is 9.75. The SMILES string of the molecule is COc1ccc(C2CCCCC2)c2c1cc1n2CC2=C(C(=O)NS(=O)(=O)C(C)C)C2=C2C=CC[C@@H](C(=O)N3CCC4(CCN(C(=O)O)C4)C3)C21. The number of allylic oxidation sites excluding steroid dienone is 4. The fourth-order valence-electron chi connectivity index (χ4n) is 9.60. The average molecular weight is 703 g/mol.